The van der Waals surface area contributed by atoms with Crippen molar-refractivity contribution in [3.63, 3.8) is 0 Å². The highest BCUT2D eigenvalue weighted by atomic mass is 32.2. The Kier molecular flexibility index (Phi) is 5.10. The van der Waals surface area contributed by atoms with Gasteiger partial charge in [-0.05, 0) is 32.4 Å². The highest BCUT2D eigenvalue weighted by Gasteiger charge is 2.17. The van der Waals surface area contributed by atoms with Crippen molar-refractivity contribution >= 4 is 10.9 Å². The first-order valence-electron chi connectivity index (χ1n) is 5.52. The van der Waals surface area contributed by atoms with E-state index in [2.05, 4.69) is 45.0 Å². The minimum absolute atomic E-state index is 0.497. The molecule has 0 saturated heterocycles. The molecule has 1 aromatic rings. The molecule has 0 bridgehead atoms. The predicted octanol–water partition coefficient (Wildman–Crippen LogP) is 3.79. The van der Waals surface area contributed by atoms with E-state index in [0.717, 1.165) is 0 Å². The van der Waals surface area contributed by atoms with Crippen LogP contribution in [0.1, 0.15) is 32.3 Å². The summed E-state index contributed by atoms with van der Waals surface area (Å²) in [5.74, 6) is 2.67. The van der Waals surface area contributed by atoms with Crippen LogP contribution >= 0.6 is 0 Å². The lowest BCUT2D eigenvalue weighted by molar-refractivity contribution is 0.891. The molecule has 14 heavy (non-hydrogen) atoms. The third-order valence-corrected chi connectivity index (χ3v) is 4.86. The first-order chi connectivity index (χ1) is 6.77. The van der Waals surface area contributed by atoms with Gasteiger partial charge in [-0.2, -0.15) is 0 Å². The Morgan fingerprint density at radius 1 is 1.07 bits per heavy atom. The summed E-state index contributed by atoms with van der Waals surface area (Å²) in [5, 5.41) is 0. The van der Waals surface area contributed by atoms with E-state index in [9.17, 15) is 0 Å². The van der Waals surface area contributed by atoms with Gasteiger partial charge in [0.05, 0.1) is 0 Å². The lowest BCUT2D eigenvalue weighted by Gasteiger charge is -2.05. The largest absolute Gasteiger partial charge is 0.154 e. The first-order valence-corrected chi connectivity index (χ1v) is 7.08. The van der Waals surface area contributed by atoms with E-state index >= 15 is 0 Å². The molecule has 0 amide bonds. The van der Waals surface area contributed by atoms with E-state index in [1.807, 2.05) is 0 Å². The Morgan fingerprint density at radius 2 is 1.71 bits per heavy atom. The van der Waals surface area contributed by atoms with Gasteiger partial charge in [0.1, 0.15) is 11.5 Å². The summed E-state index contributed by atoms with van der Waals surface area (Å²) >= 11 is 0. The van der Waals surface area contributed by atoms with E-state index < -0.39 is 0 Å². The molecule has 1 unspecified atom stereocenters. The van der Waals surface area contributed by atoms with Gasteiger partial charge in [-0.25, -0.2) is 0 Å². The molecular formula is C13H21S+. The van der Waals surface area contributed by atoms with Gasteiger partial charge in [0, 0.05) is 10.9 Å². The normalized spacial score (nSPS) is 12.8. The van der Waals surface area contributed by atoms with Crippen molar-refractivity contribution in [2.24, 2.45) is 0 Å². The summed E-state index contributed by atoms with van der Waals surface area (Å²) in [6, 6.07) is 9.07. The van der Waals surface area contributed by atoms with Crippen LogP contribution in [0.4, 0.5) is 0 Å². The Morgan fingerprint density at radius 3 is 2.21 bits per heavy atom. The molecule has 1 aromatic carbocycles. The van der Waals surface area contributed by atoms with E-state index in [4.69, 9.17) is 0 Å². The summed E-state index contributed by atoms with van der Waals surface area (Å²) < 4.78 is 0. The fourth-order valence-electron chi connectivity index (χ4n) is 1.48. The van der Waals surface area contributed by atoms with Gasteiger partial charge in [0.2, 0.25) is 0 Å². The zero-order valence-electron chi connectivity index (χ0n) is 9.55. The Balaban J connectivity index is 2.64. The van der Waals surface area contributed by atoms with E-state index in [1.165, 1.54) is 29.9 Å². The Bertz CT molecular complexity index is 250. The minimum Gasteiger partial charge on any atom is -0.0652 e. The van der Waals surface area contributed by atoms with Gasteiger partial charge in [-0.3, -0.25) is 0 Å². The number of hydrogen-bond donors (Lipinski definition) is 0. The molecule has 0 radical (unpaired) electrons. The molecule has 0 fully saturated rings. The molecule has 1 heteroatoms. The molecule has 0 N–H and O–H groups in total. The fourth-order valence-corrected chi connectivity index (χ4v) is 3.49. The summed E-state index contributed by atoms with van der Waals surface area (Å²) in [4.78, 5) is 1.55. The monoisotopic (exact) mass is 209 g/mol. The Labute approximate surface area is 91.1 Å². The molecule has 0 aliphatic rings. The zero-order valence-corrected chi connectivity index (χ0v) is 10.4. The van der Waals surface area contributed by atoms with Crippen molar-refractivity contribution in [3.8, 4) is 0 Å². The highest BCUT2D eigenvalue weighted by Crippen LogP contribution is 2.16. The predicted molar refractivity (Wildman–Crippen MR) is 67.1 cm³/mol. The van der Waals surface area contributed by atoms with Crippen LogP contribution in [0.25, 0.3) is 0 Å². The summed E-state index contributed by atoms with van der Waals surface area (Å²) in [6.45, 7) is 6.73. The van der Waals surface area contributed by atoms with Crippen molar-refractivity contribution < 1.29 is 0 Å². The van der Waals surface area contributed by atoms with Gasteiger partial charge in [0.25, 0.3) is 0 Å². The molecule has 0 saturated carbocycles. The maximum absolute atomic E-state index is 2.30. The quantitative estimate of drug-likeness (QED) is 0.647. The molecule has 0 aliphatic heterocycles. The lowest BCUT2D eigenvalue weighted by atomic mass is 10.2. The number of hydrogen-bond acceptors (Lipinski definition) is 0. The zero-order chi connectivity index (χ0) is 10.4. The van der Waals surface area contributed by atoms with Crippen molar-refractivity contribution in [2.45, 2.75) is 38.5 Å². The third-order valence-electron chi connectivity index (χ3n) is 2.45. The van der Waals surface area contributed by atoms with Crippen LogP contribution in [0.3, 0.4) is 0 Å². The van der Waals surface area contributed by atoms with Crippen molar-refractivity contribution in [3.05, 3.63) is 29.8 Å². The van der Waals surface area contributed by atoms with Crippen molar-refractivity contribution in [1.29, 1.82) is 0 Å². The molecule has 0 aromatic heterocycles. The van der Waals surface area contributed by atoms with E-state index in [1.54, 1.807) is 4.90 Å². The van der Waals surface area contributed by atoms with Crippen LogP contribution in [0.5, 0.6) is 0 Å². The SMILES string of the molecule is CCCC[S+](CC)c1ccc(C)cc1. The molecule has 0 spiro atoms. The van der Waals surface area contributed by atoms with Crippen molar-refractivity contribution in [2.75, 3.05) is 11.5 Å². The van der Waals surface area contributed by atoms with Gasteiger partial charge in [-0.15, -0.1) is 0 Å². The average Bonchev–Trinajstić information content (AvgIpc) is 2.21. The number of unbranched alkanes of at least 4 members (excludes halogenated alkanes) is 1. The summed E-state index contributed by atoms with van der Waals surface area (Å²) in [7, 11) is 0.497. The highest BCUT2D eigenvalue weighted by molar-refractivity contribution is 7.96. The second kappa shape index (κ2) is 6.13. The fraction of sp³-hybridized carbons (Fsp3) is 0.538. The van der Waals surface area contributed by atoms with Gasteiger partial charge >= 0.3 is 0 Å². The van der Waals surface area contributed by atoms with Crippen LogP contribution in [0.2, 0.25) is 0 Å². The maximum Gasteiger partial charge on any atom is 0.154 e. The third kappa shape index (κ3) is 3.38. The number of rotatable bonds is 5. The number of aryl methyl sites for hydroxylation is 1. The Hall–Kier alpha value is -0.430. The standard InChI is InChI=1S/C13H21S/c1-4-6-11-14(5-2)13-9-7-12(3)8-10-13/h7-10H,4-6,11H2,1-3H3/q+1. The molecule has 0 nitrogen and oxygen atoms in total. The van der Waals surface area contributed by atoms with Crippen molar-refractivity contribution in [1.82, 2.24) is 0 Å². The van der Waals surface area contributed by atoms with Crippen LogP contribution in [0, 0.1) is 6.92 Å². The van der Waals surface area contributed by atoms with Gasteiger partial charge < -0.3 is 0 Å². The molecule has 1 rings (SSSR count). The van der Waals surface area contributed by atoms with E-state index in [0.29, 0.717) is 10.9 Å². The van der Waals surface area contributed by atoms with Gasteiger partial charge in [0.15, 0.2) is 4.90 Å². The minimum atomic E-state index is 0.497. The smallest absolute Gasteiger partial charge is 0.0652 e. The second-order valence-electron chi connectivity index (χ2n) is 3.65. The van der Waals surface area contributed by atoms with E-state index in [-0.39, 0.29) is 0 Å². The van der Waals surface area contributed by atoms with Gasteiger partial charge in [-0.1, -0.05) is 31.0 Å². The topological polar surface area (TPSA) is 0 Å². The molecule has 0 aliphatic carbocycles. The summed E-state index contributed by atoms with van der Waals surface area (Å²) in [5.41, 5.74) is 1.36. The van der Waals surface area contributed by atoms with Crippen LogP contribution in [0.15, 0.2) is 29.2 Å². The molecule has 1 atom stereocenters. The van der Waals surface area contributed by atoms with Crippen LogP contribution in [-0.4, -0.2) is 11.5 Å². The molecular weight excluding hydrogens is 188 g/mol. The lowest BCUT2D eigenvalue weighted by Crippen LogP contribution is -2.10. The van der Waals surface area contributed by atoms with Crippen LogP contribution in [-0.2, 0) is 10.9 Å². The average molecular weight is 209 g/mol. The van der Waals surface area contributed by atoms with Crippen LogP contribution < -0.4 is 0 Å². The second-order valence-corrected chi connectivity index (χ2v) is 6.09. The summed E-state index contributed by atoms with van der Waals surface area (Å²) in [6.07, 6.45) is 2.68. The molecule has 0 heterocycles. The number of benzene rings is 1. The maximum atomic E-state index is 2.30. The first kappa shape index (κ1) is 11.6. The molecule has 78 valence electrons.